The average molecular weight is 329 g/mol. The van der Waals surface area contributed by atoms with Gasteiger partial charge in [-0.3, -0.25) is 9.88 Å². The van der Waals surface area contributed by atoms with E-state index in [1.165, 1.54) is 0 Å². The number of rotatable bonds is 4. The van der Waals surface area contributed by atoms with Crippen molar-refractivity contribution in [3.05, 3.63) is 78.0 Å². The summed E-state index contributed by atoms with van der Waals surface area (Å²) in [5.41, 5.74) is 2.34. The Labute approximate surface area is 145 Å². The largest absolute Gasteiger partial charge is 0.337 e. The fourth-order valence-corrected chi connectivity index (χ4v) is 2.86. The summed E-state index contributed by atoms with van der Waals surface area (Å²) in [4.78, 5) is 11.1. The van der Waals surface area contributed by atoms with Crippen LogP contribution in [0.5, 0.6) is 0 Å². The van der Waals surface area contributed by atoms with Gasteiger partial charge in [0, 0.05) is 24.8 Å². The molecule has 1 aromatic carbocycles. The molecule has 4 rings (SSSR count). The number of benzene rings is 1. The predicted molar refractivity (Wildman–Crippen MR) is 91.0 cm³/mol. The first-order chi connectivity index (χ1) is 12.3. The molecule has 1 aliphatic heterocycles. The first-order valence-electron chi connectivity index (χ1n) is 7.98. The lowest BCUT2D eigenvalue weighted by Crippen LogP contribution is -2.24. The quantitative estimate of drug-likeness (QED) is 0.684. The Morgan fingerprint density at radius 1 is 1.24 bits per heavy atom. The van der Waals surface area contributed by atoms with Gasteiger partial charge in [-0.05, 0) is 24.3 Å². The maximum absolute atomic E-state index is 9.03. The van der Waals surface area contributed by atoms with Gasteiger partial charge in [-0.1, -0.05) is 35.5 Å². The third kappa shape index (κ3) is 3.18. The highest BCUT2D eigenvalue weighted by Gasteiger charge is 2.27. The molecule has 0 amide bonds. The van der Waals surface area contributed by atoms with Gasteiger partial charge < -0.3 is 4.52 Å². The van der Waals surface area contributed by atoms with Crippen molar-refractivity contribution in [2.75, 3.05) is 6.54 Å². The summed E-state index contributed by atoms with van der Waals surface area (Å²) in [6.07, 6.45) is 5.94. The van der Waals surface area contributed by atoms with Gasteiger partial charge >= 0.3 is 0 Å². The zero-order valence-corrected chi connectivity index (χ0v) is 13.4. The van der Waals surface area contributed by atoms with E-state index >= 15 is 0 Å². The van der Waals surface area contributed by atoms with Crippen LogP contribution in [-0.2, 0) is 6.54 Å². The zero-order chi connectivity index (χ0) is 17.1. The van der Waals surface area contributed by atoms with Crippen molar-refractivity contribution < 1.29 is 4.52 Å². The third-order valence-corrected chi connectivity index (χ3v) is 4.09. The summed E-state index contributed by atoms with van der Waals surface area (Å²) in [5.74, 6) is 1.03. The van der Waals surface area contributed by atoms with E-state index in [9.17, 15) is 0 Å². The number of aromatic nitrogens is 3. The molecule has 0 saturated heterocycles. The molecule has 1 aliphatic rings. The van der Waals surface area contributed by atoms with E-state index in [2.05, 4.69) is 38.2 Å². The number of pyridine rings is 1. The van der Waals surface area contributed by atoms with Crippen molar-refractivity contribution in [3.8, 4) is 17.5 Å². The van der Waals surface area contributed by atoms with Gasteiger partial charge in [0.15, 0.2) is 0 Å². The maximum Gasteiger partial charge on any atom is 0.248 e. The topological polar surface area (TPSA) is 78.8 Å². The Hall–Kier alpha value is -3.30. The van der Waals surface area contributed by atoms with Crippen molar-refractivity contribution in [1.82, 2.24) is 20.0 Å². The first kappa shape index (κ1) is 15.2. The van der Waals surface area contributed by atoms with Crippen LogP contribution in [0.4, 0.5) is 0 Å². The van der Waals surface area contributed by atoms with Crippen molar-refractivity contribution in [2.45, 2.75) is 12.6 Å². The van der Waals surface area contributed by atoms with Crippen LogP contribution in [-0.4, -0.2) is 26.6 Å². The molecule has 2 aromatic heterocycles. The summed E-state index contributed by atoms with van der Waals surface area (Å²) in [5, 5.41) is 13.1. The Balaban J connectivity index is 1.56. The SMILES string of the molecule is N#Cc1cccc(-c2noc(C3C=CCN3Cc3ccccn3)n2)c1. The molecule has 1 atom stereocenters. The minimum Gasteiger partial charge on any atom is -0.337 e. The van der Waals surface area contributed by atoms with E-state index < -0.39 is 0 Å². The summed E-state index contributed by atoms with van der Waals surface area (Å²) in [6.45, 7) is 1.52. The summed E-state index contributed by atoms with van der Waals surface area (Å²) >= 11 is 0. The second-order valence-electron chi connectivity index (χ2n) is 5.77. The molecule has 0 fully saturated rings. The Kier molecular flexibility index (Phi) is 4.07. The standard InChI is InChI=1S/C19H15N5O/c20-12-14-5-3-6-15(11-14)18-22-19(25-23-18)17-8-4-10-24(17)13-16-7-1-2-9-21-16/h1-9,11,17H,10,13H2. The van der Waals surface area contributed by atoms with Gasteiger partial charge in [-0.2, -0.15) is 10.2 Å². The van der Waals surface area contributed by atoms with Crippen LogP contribution in [0.1, 0.15) is 23.2 Å². The molecule has 0 bridgehead atoms. The van der Waals surface area contributed by atoms with Crippen LogP contribution in [0.2, 0.25) is 0 Å². The van der Waals surface area contributed by atoms with Gasteiger partial charge in [0.25, 0.3) is 0 Å². The number of nitriles is 1. The molecular weight excluding hydrogens is 314 g/mol. The number of nitrogens with zero attached hydrogens (tertiary/aromatic N) is 5. The van der Waals surface area contributed by atoms with Crippen molar-refractivity contribution >= 4 is 0 Å². The average Bonchev–Trinajstić information content (AvgIpc) is 3.32. The van der Waals surface area contributed by atoms with Crippen LogP contribution in [0, 0.1) is 11.3 Å². The lowest BCUT2D eigenvalue weighted by Gasteiger charge is -2.20. The highest BCUT2D eigenvalue weighted by molar-refractivity contribution is 5.57. The molecular formula is C19H15N5O. The number of hydrogen-bond donors (Lipinski definition) is 0. The monoisotopic (exact) mass is 329 g/mol. The molecule has 0 radical (unpaired) electrons. The molecule has 0 spiro atoms. The highest BCUT2D eigenvalue weighted by atomic mass is 16.5. The van der Waals surface area contributed by atoms with E-state index in [1.807, 2.05) is 30.3 Å². The van der Waals surface area contributed by atoms with E-state index in [-0.39, 0.29) is 6.04 Å². The van der Waals surface area contributed by atoms with Crippen LogP contribution in [0.3, 0.4) is 0 Å². The molecule has 3 heterocycles. The van der Waals surface area contributed by atoms with Crippen LogP contribution < -0.4 is 0 Å². The van der Waals surface area contributed by atoms with E-state index in [0.717, 1.165) is 17.8 Å². The van der Waals surface area contributed by atoms with E-state index in [4.69, 9.17) is 9.78 Å². The first-order valence-corrected chi connectivity index (χ1v) is 7.98. The van der Waals surface area contributed by atoms with Crippen LogP contribution >= 0.6 is 0 Å². The van der Waals surface area contributed by atoms with Crippen LogP contribution in [0.15, 0.2) is 65.3 Å². The Morgan fingerprint density at radius 3 is 3.04 bits per heavy atom. The van der Waals surface area contributed by atoms with Gasteiger partial charge in [0.05, 0.1) is 17.3 Å². The minimum atomic E-state index is -0.0672. The van der Waals surface area contributed by atoms with E-state index in [0.29, 0.717) is 23.8 Å². The number of hydrogen-bond acceptors (Lipinski definition) is 6. The summed E-state index contributed by atoms with van der Waals surface area (Å²) < 4.78 is 5.49. The fraction of sp³-hybridized carbons (Fsp3) is 0.158. The Bertz CT molecular complexity index is 942. The second kappa shape index (κ2) is 6.67. The fourth-order valence-electron chi connectivity index (χ4n) is 2.86. The van der Waals surface area contributed by atoms with Gasteiger partial charge in [0.2, 0.25) is 11.7 Å². The molecule has 0 saturated carbocycles. The normalized spacial score (nSPS) is 16.8. The molecule has 25 heavy (non-hydrogen) atoms. The molecule has 6 heteroatoms. The summed E-state index contributed by atoms with van der Waals surface area (Å²) in [7, 11) is 0. The van der Waals surface area contributed by atoms with Crippen molar-refractivity contribution in [3.63, 3.8) is 0 Å². The second-order valence-corrected chi connectivity index (χ2v) is 5.77. The molecule has 3 aromatic rings. The highest BCUT2D eigenvalue weighted by Crippen LogP contribution is 2.28. The van der Waals surface area contributed by atoms with Crippen molar-refractivity contribution in [1.29, 1.82) is 5.26 Å². The molecule has 0 N–H and O–H groups in total. The lowest BCUT2D eigenvalue weighted by molar-refractivity contribution is 0.216. The van der Waals surface area contributed by atoms with Crippen LogP contribution in [0.25, 0.3) is 11.4 Å². The van der Waals surface area contributed by atoms with Gasteiger partial charge in [0.1, 0.15) is 6.04 Å². The maximum atomic E-state index is 9.03. The third-order valence-electron chi connectivity index (χ3n) is 4.09. The van der Waals surface area contributed by atoms with Gasteiger partial charge in [-0.15, -0.1) is 0 Å². The molecule has 6 nitrogen and oxygen atoms in total. The molecule has 1 unspecified atom stereocenters. The molecule has 0 aliphatic carbocycles. The van der Waals surface area contributed by atoms with Gasteiger partial charge in [-0.25, -0.2) is 0 Å². The van der Waals surface area contributed by atoms with E-state index in [1.54, 1.807) is 18.3 Å². The smallest absolute Gasteiger partial charge is 0.248 e. The Morgan fingerprint density at radius 2 is 2.20 bits per heavy atom. The predicted octanol–water partition coefficient (Wildman–Crippen LogP) is 3.12. The summed E-state index contributed by atoms with van der Waals surface area (Å²) in [6, 6.07) is 15.1. The molecule has 122 valence electrons. The minimum absolute atomic E-state index is 0.0672. The lowest BCUT2D eigenvalue weighted by atomic mass is 10.1. The zero-order valence-electron chi connectivity index (χ0n) is 13.4. The van der Waals surface area contributed by atoms with Crippen molar-refractivity contribution in [2.24, 2.45) is 0 Å².